The van der Waals surface area contributed by atoms with E-state index in [-0.39, 0.29) is 22.8 Å². The topological polar surface area (TPSA) is 108 Å². The minimum Gasteiger partial charge on any atom is -0.340 e. The van der Waals surface area contributed by atoms with Crippen LogP contribution in [0.4, 0.5) is 5.69 Å². The predicted octanol–water partition coefficient (Wildman–Crippen LogP) is 0.522. The highest BCUT2D eigenvalue weighted by Gasteiger charge is 2.29. The van der Waals surface area contributed by atoms with Gasteiger partial charge in [-0.1, -0.05) is 0 Å². The molecule has 3 N–H and O–H groups in total. The fourth-order valence-corrected chi connectivity index (χ4v) is 4.16. The van der Waals surface area contributed by atoms with Gasteiger partial charge in [0.05, 0.1) is 10.9 Å². The molecule has 0 bridgehead atoms. The fourth-order valence-electron chi connectivity index (χ4n) is 2.96. The molecule has 1 fully saturated rings. The lowest BCUT2D eigenvalue weighted by Crippen LogP contribution is -2.53. The number of hydrogen-bond donors (Lipinski definition) is 3. The number of nitrogens with zero attached hydrogens (tertiary/aromatic N) is 1. The molecule has 2 rings (SSSR count). The summed E-state index contributed by atoms with van der Waals surface area (Å²) in [6.45, 7) is 4.13. The van der Waals surface area contributed by atoms with Crippen LogP contribution >= 0.6 is 0 Å². The molecule has 144 valence electrons. The van der Waals surface area contributed by atoms with E-state index in [9.17, 15) is 18.0 Å². The maximum absolute atomic E-state index is 12.6. The summed E-state index contributed by atoms with van der Waals surface area (Å²) in [6.07, 6.45) is 1.89. The Morgan fingerprint density at radius 2 is 1.88 bits per heavy atom. The van der Waals surface area contributed by atoms with E-state index >= 15 is 0 Å². The molecular formula is C17H26N4O4S. The van der Waals surface area contributed by atoms with Gasteiger partial charge in [-0.05, 0) is 51.1 Å². The summed E-state index contributed by atoms with van der Waals surface area (Å²) >= 11 is 0. The van der Waals surface area contributed by atoms with Crippen LogP contribution in [0, 0.1) is 0 Å². The van der Waals surface area contributed by atoms with Crippen molar-refractivity contribution in [2.45, 2.75) is 43.7 Å². The van der Waals surface area contributed by atoms with Gasteiger partial charge >= 0.3 is 0 Å². The van der Waals surface area contributed by atoms with Crippen LogP contribution in [0.1, 0.15) is 26.7 Å². The third kappa shape index (κ3) is 5.26. The molecule has 2 atom stereocenters. The summed E-state index contributed by atoms with van der Waals surface area (Å²) in [6, 6.07) is 5.17. The smallest absolute Gasteiger partial charge is 0.241 e. The third-order valence-corrected chi connectivity index (χ3v) is 5.89. The number of likely N-dealkylation sites (tertiary alicyclic amines) is 1. The Morgan fingerprint density at radius 3 is 2.46 bits per heavy atom. The Hall–Kier alpha value is -1.97. The number of likely N-dealkylation sites (N-methyl/N-ethyl adjacent to an activating group) is 1. The second-order valence-corrected chi connectivity index (χ2v) is 8.17. The molecule has 2 unspecified atom stereocenters. The number of carbonyl (C=O) groups excluding carboxylic acids is 2. The lowest BCUT2D eigenvalue weighted by Gasteiger charge is -2.34. The van der Waals surface area contributed by atoms with E-state index < -0.39 is 16.1 Å². The maximum Gasteiger partial charge on any atom is 0.241 e. The van der Waals surface area contributed by atoms with Crippen molar-refractivity contribution >= 4 is 27.5 Å². The van der Waals surface area contributed by atoms with Crippen molar-refractivity contribution in [2.24, 2.45) is 0 Å². The second kappa shape index (κ2) is 8.61. The molecule has 1 heterocycles. The van der Waals surface area contributed by atoms with E-state index in [2.05, 4.69) is 15.4 Å². The van der Waals surface area contributed by atoms with Crippen LogP contribution in [0.25, 0.3) is 0 Å². The van der Waals surface area contributed by atoms with Crippen molar-refractivity contribution in [3.05, 3.63) is 24.3 Å². The van der Waals surface area contributed by atoms with E-state index in [1.165, 1.54) is 31.2 Å². The van der Waals surface area contributed by atoms with Gasteiger partial charge < -0.3 is 15.5 Å². The number of piperidine rings is 1. The van der Waals surface area contributed by atoms with Gasteiger partial charge in [-0.15, -0.1) is 0 Å². The van der Waals surface area contributed by atoms with Crippen LogP contribution in [0.3, 0.4) is 0 Å². The van der Waals surface area contributed by atoms with Gasteiger partial charge in [0.25, 0.3) is 0 Å². The number of anilines is 1. The van der Waals surface area contributed by atoms with Crippen molar-refractivity contribution in [3.8, 4) is 0 Å². The minimum atomic E-state index is -3.83. The lowest BCUT2D eigenvalue weighted by atomic mass is 10.1. The molecule has 1 aliphatic heterocycles. The van der Waals surface area contributed by atoms with Crippen LogP contribution in [-0.2, 0) is 19.6 Å². The average Bonchev–Trinajstić information content (AvgIpc) is 2.60. The zero-order valence-electron chi connectivity index (χ0n) is 15.3. The summed E-state index contributed by atoms with van der Waals surface area (Å²) in [5, 5.41) is 5.73. The van der Waals surface area contributed by atoms with Crippen molar-refractivity contribution in [1.29, 1.82) is 0 Å². The van der Waals surface area contributed by atoms with Crippen molar-refractivity contribution in [3.63, 3.8) is 0 Å². The van der Waals surface area contributed by atoms with Crippen LogP contribution in [0.5, 0.6) is 0 Å². The highest BCUT2D eigenvalue weighted by Crippen LogP contribution is 2.16. The highest BCUT2D eigenvalue weighted by molar-refractivity contribution is 7.89. The molecule has 0 aliphatic carbocycles. The number of rotatable bonds is 6. The molecule has 0 aromatic heterocycles. The molecule has 8 nitrogen and oxygen atoms in total. The lowest BCUT2D eigenvalue weighted by molar-refractivity contribution is -0.133. The molecule has 1 saturated heterocycles. The highest BCUT2D eigenvalue weighted by atomic mass is 32.2. The number of carbonyl (C=O) groups is 2. The normalized spacial score (nSPS) is 19.0. The molecule has 1 aromatic rings. The average molecular weight is 382 g/mol. The van der Waals surface area contributed by atoms with Gasteiger partial charge in [-0.3, -0.25) is 9.59 Å². The van der Waals surface area contributed by atoms with Crippen molar-refractivity contribution in [1.82, 2.24) is 14.9 Å². The van der Waals surface area contributed by atoms with Crippen LogP contribution < -0.4 is 15.4 Å². The molecule has 0 radical (unpaired) electrons. The number of sulfonamides is 1. The summed E-state index contributed by atoms with van der Waals surface area (Å²) < 4.78 is 27.4. The van der Waals surface area contributed by atoms with Gasteiger partial charge in [-0.2, -0.15) is 4.72 Å². The van der Waals surface area contributed by atoms with Crippen LogP contribution in [-0.4, -0.2) is 57.4 Å². The first-order valence-electron chi connectivity index (χ1n) is 8.59. The summed E-state index contributed by atoms with van der Waals surface area (Å²) in [5.74, 6) is -0.470. The quantitative estimate of drug-likeness (QED) is 0.665. The Morgan fingerprint density at radius 1 is 1.23 bits per heavy atom. The van der Waals surface area contributed by atoms with E-state index in [1.54, 1.807) is 11.8 Å². The zero-order chi connectivity index (χ0) is 19.3. The molecule has 0 saturated carbocycles. The first-order valence-corrected chi connectivity index (χ1v) is 10.1. The van der Waals surface area contributed by atoms with Gasteiger partial charge in [0.1, 0.15) is 0 Å². The Balaban J connectivity index is 2.03. The van der Waals surface area contributed by atoms with E-state index in [1.807, 2.05) is 7.05 Å². The predicted molar refractivity (Wildman–Crippen MR) is 99.2 cm³/mol. The Kier molecular flexibility index (Phi) is 6.74. The van der Waals surface area contributed by atoms with Gasteiger partial charge in [-0.25, -0.2) is 8.42 Å². The van der Waals surface area contributed by atoms with Crippen molar-refractivity contribution in [2.75, 3.05) is 25.5 Å². The SMILES string of the molecule is CNC1CCCN(C(=O)C(C)NS(=O)(=O)c2ccc(NC(C)=O)cc2)C1. The molecule has 26 heavy (non-hydrogen) atoms. The van der Waals surface area contributed by atoms with Gasteiger partial charge in [0, 0.05) is 31.7 Å². The standard InChI is InChI=1S/C17H26N4O4S/c1-12(17(23)21-10-4-5-15(11-21)18-3)20-26(24,25)16-8-6-14(7-9-16)19-13(2)22/h6-9,12,15,18,20H,4-5,10-11H2,1-3H3,(H,19,22). The Bertz CT molecular complexity index is 749. The van der Waals surface area contributed by atoms with E-state index in [0.29, 0.717) is 18.8 Å². The maximum atomic E-state index is 12.6. The fraction of sp³-hybridized carbons (Fsp3) is 0.529. The number of nitrogens with one attached hydrogen (secondary N) is 3. The van der Waals surface area contributed by atoms with E-state index in [0.717, 1.165) is 12.8 Å². The van der Waals surface area contributed by atoms with Crippen molar-refractivity contribution < 1.29 is 18.0 Å². The second-order valence-electron chi connectivity index (χ2n) is 6.46. The largest absolute Gasteiger partial charge is 0.340 e. The molecule has 1 aliphatic rings. The first-order chi connectivity index (χ1) is 12.2. The number of benzene rings is 1. The number of amides is 2. The Labute approximate surface area is 154 Å². The molecule has 2 amide bonds. The zero-order valence-corrected chi connectivity index (χ0v) is 16.1. The summed E-state index contributed by atoms with van der Waals surface area (Å²) in [5.41, 5.74) is 0.506. The molecule has 1 aromatic carbocycles. The number of hydrogen-bond acceptors (Lipinski definition) is 5. The summed E-state index contributed by atoms with van der Waals surface area (Å²) in [7, 11) is -1.98. The molecule has 9 heteroatoms. The summed E-state index contributed by atoms with van der Waals surface area (Å²) in [4.78, 5) is 25.3. The third-order valence-electron chi connectivity index (χ3n) is 4.33. The monoisotopic (exact) mass is 382 g/mol. The molecular weight excluding hydrogens is 356 g/mol. The minimum absolute atomic E-state index is 0.0398. The van der Waals surface area contributed by atoms with Crippen LogP contribution in [0.15, 0.2) is 29.2 Å². The first kappa shape index (κ1) is 20.3. The van der Waals surface area contributed by atoms with Gasteiger partial charge in [0.2, 0.25) is 21.8 Å². The van der Waals surface area contributed by atoms with E-state index in [4.69, 9.17) is 0 Å². The van der Waals surface area contributed by atoms with Gasteiger partial charge in [0.15, 0.2) is 0 Å². The molecule has 0 spiro atoms. The van der Waals surface area contributed by atoms with Crippen LogP contribution in [0.2, 0.25) is 0 Å².